The SMILES string of the molecule is CCCNC(C)(CC(C)SC1CCCC1)C(=O)OC. The van der Waals surface area contributed by atoms with E-state index >= 15 is 0 Å². The van der Waals surface area contributed by atoms with Gasteiger partial charge in [0.2, 0.25) is 0 Å². The van der Waals surface area contributed by atoms with Gasteiger partial charge in [0.25, 0.3) is 0 Å². The zero-order chi connectivity index (χ0) is 14.3. The van der Waals surface area contributed by atoms with Crippen LogP contribution in [0.25, 0.3) is 0 Å². The zero-order valence-electron chi connectivity index (χ0n) is 12.8. The van der Waals surface area contributed by atoms with Crippen molar-refractivity contribution in [2.75, 3.05) is 13.7 Å². The fraction of sp³-hybridized carbons (Fsp3) is 0.933. The van der Waals surface area contributed by atoms with E-state index in [1.165, 1.54) is 32.8 Å². The Morgan fingerprint density at radius 1 is 1.47 bits per heavy atom. The minimum Gasteiger partial charge on any atom is -0.468 e. The predicted molar refractivity (Wildman–Crippen MR) is 82.6 cm³/mol. The topological polar surface area (TPSA) is 38.3 Å². The van der Waals surface area contributed by atoms with Crippen molar-refractivity contribution in [1.29, 1.82) is 0 Å². The maximum atomic E-state index is 12.0. The summed E-state index contributed by atoms with van der Waals surface area (Å²) >= 11 is 2.05. The van der Waals surface area contributed by atoms with Crippen molar-refractivity contribution in [1.82, 2.24) is 5.32 Å². The van der Waals surface area contributed by atoms with Gasteiger partial charge in [-0.1, -0.05) is 26.7 Å². The molecule has 0 aromatic carbocycles. The first-order valence-electron chi connectivity index (χ1n) is 7.50. The van der Waals surface area contributed by atoms with Gasteiger partial charge in [0, 0.05) is 10.5 Å². The van der Waals surface area contributed by atoms with Crippen molar-refractivity contribution < 1.29 is 9.53 Å². The van der Waals surface area contributed by atoms with Gasteiger partial charge in [-0.2, -0.15) is 11.8 Å². The highest BCUT2D eigenvalue weighted by Gasteiger charge is 2.36. The molecule has 112 valence electrons. The first-order valence-corrected chi connectivity index (χ1v) is 8.45. The molecule has 0 amide bonds. The molecule has 0 aliphatic heterocycles. The van der Waals surface area contributed by atoms with Crippen molar-refractivity contribution in [3.63, 3.8) is 0 Å². The van der Waals surface area contributed by atoms with E-state index in [9.17, 15) is 4.79 Å². The number of ether oxygens (including phenoxy) is 1. The van der Waals surface area contributed by atoms with Crippen molar-refractivity contribution >= 4 is 17.7 Å². The lowest BCUT2D eigenvalue weighted by Gasteiger charge is -2.31. The Labute approximate surface area is 122 Å². The predicted octanol–water partition coefficient (Wildman–Crippen LogP) is 3.37. The molecule has 4 heteroatoms. The Morgan fingerprint density at radius 3 is 2.63 bits per heavy atom. The second-order valence-corrected chi connectivity index (χ2v) is 7.55. The fourth-order valence-corrected chi connectivity index (χ4v) is 4.52. The van der Waals surface area contributed by atoms with Crippen molar-refractivity contribution in [2.45, 2.75) is 75.3 Å². The number of methoxy groups -OCH3 is 1. The number of rotatable bonds is 8. The zero-order valence-corrected chi connectivity index (χ0v) is 13.6. The fourth-order valence-electron chi connectivity index (χ4n) is 2.83. The molecule has 0 saturated heterocycles. The third kappa shape index (κ3) is 5.35. The normalized spacial score (nSPS) is 21.1. The Balaban J connectivity index is 2.52. The van der Waals surface area contributed by atoms with Crippen LogP contribution in [0.5, 0.6) is 0 Å². The Hall–Kier alpha value is -0.220. The number of hydrogen-bond acceptors (Lipinski definition) is 4. The Bertz CT molecular complexity index is 279. The number of esters is 1. The van der Waals surface area contributed by atoms with Gasteiger partial charge in [-0.15, -0.1) is 0 Å². The molecule has 0 bridgehead atoms. The van der Waals surface area contributed by atoms with Crippen LogP contribution in [0.15, 0.2) is 0 Å². The summed E-state index contributed by atoms with van der Waals surface area (Å²) in [5.74, 6) is -0.139. The third-order valence-corrected chi connectivity index (χ3v) is 5.31. The maximum Gasteiger partial charge on any atom is 0.325 e. The van der Waals surface area contributed by atoms with Gasteiger partial charge in [0.05, 0.1) is 7.11 Å². The summed E-state index contributed by atoms with van der Waals surface area (Å²) in [6, 6.07) is 0. The summed E-state index contributed by atoms with van der Waals surface area (Å²) in [5, 5.41) is 4.64. The second-order valence-electron chi connectivity index (χ2n) is 5.81. The number of nitrogens with one attached hydrogen (secondary N) is 1. The quantitative estimate of drug-likeness (QED) is 0.695. The van der Waals surface area contributed by atoms with Crippen LogP contribution >= 0.6 is 11.8 Å². The molecule has 0 aromatic heterocycles. The molecule has 1 N–H and O–H groups in total. The third-order valence-electron chi connectivity index (χ3n) is 3.82. The van der Waals surface area contributed by atoms with Crippen LogP contribution in [-0.4, -0.2) is 35.7 Å². The second kappa shape index (κ2) is 8.15. The van der Waals surface area contributed by atoms with E-state index in [-0.39, 0.29) is 5.97 Å². The minimum atomic E-state index is -0.546. The average molecular weight is 287 g/mol. The first kappa shape index (κ1) is 16.8. The summed E-state index contributed by atoms with van der Waals surface area (Å²) in [6.45, 7) is 7.17. The van der Waals surface area contributed by atoms with Gasteiger partial charge >= 0.3 is 5.97 Å². The van der Waals surface area contributed by atoms with Gasteiger partial charge in [0.1, 0.15) is 5.54 Å². The lowest BCUT2D eigenvalue weighted by Crippen LogP contribution is -2.52. The van der Waals surface area contributed by atoms with E-state index in [1.54, 1.807) is 0 Å². The van der Waals surface area contributed by atoms with E-state index in [0.717, 1.165) is 24.6 Å². The minimum absolute atomic E-state index is 0.139. The van der Waals surface area contributed by atoms with E-state index < -0.39 is 5.54 Å². The highest BCUT2D eigenvalue weighted by Crippen LogP contribution is 2.35. The molecule has 19 heavy (non-hydrogen) atoms. The highest BCUT2D eigenvalue weighted by atomic mass is 32.2. The average Bonchev–Trinajstić information content (AvgIpc) is 2.87. The molecule has 1 fully saturated rings. The standard InChI is InChI=1S/C15H29NO2S/c1-5-10-16-15(3,14(17)18-4)11-12(2)19-13-8-6-7-9-13/h12-13,16H,5-11H2,1-4H3. The summed E-state index contributed by atoms with van der Waals surface area (Å²) < 4.78 is 4.97. The van der Waals surface area contributed by atoms with Crippen LogP contribution in [0.3, 0.4) is 0 Å². The molecular formula is C15H29NO2S. The monoisotopic (exact) mass is 287 g/mol. The van der Waals surface area contributed by atoms with Crippen LogP contribution in [0.2, 0.25) is 0 Å². The molecule has 1 saturated carbocycles. The lowest BCUT2D eigenvalue weighted by atomic mass is 9.96. The van der Waals surface area contributed by atoms with Crippen LogP contribution in [-0.2, 0) is 9.53 Å². The molecule has 3 nitrogen and oxygen atoms in total. The van der Waals surface area contributed by atoms with Gasteiger partial charge in [-0.25, -0.2) is 0 Å². The number of hydrogen-bond donors (Lipinski definition) is 1. The van der Waals surface area contributed by atoms with E-state index in [1.807, 2.05) is 18.7 Å². The summed E-state index contributed by atoms with van der Waals surface area (Å²) in [6.07, 6.45) is 7.27. The van der Waals surface area contributed by atoms with Gasteiger partial charge in [-0.05, 0) is 39.2 Å². The van der Waals surface area contributed by atoms with Crippen molar-refractivity contribution in [3.8, 4) is 0 Å². The molecule has 0 spiro atoms. The molecule has 1 aliphatic rings. The highest BCUT2D eigenvalue weighted by molar-refractivity contribution is 8.00. The molecule has 2 atom stereocenters. The molecule has 1 rings (SSSR count). The summed E-state index contributed by atoms with van der Waals surface area (Å²) in [5.41, 5.74) is -0.546. The molecule has 0 radical (unpaired) electrons. The largest absolute Gasteiger partial charge is 0.468 e. The van der Waals surface area contributed by atoms with Crippen LogP contribution in [0.1, 0.15) is 59.3 Å². The van der Waals surface area contributed by atoms with Gasteiger partial charge in [0.15, 0.2) is 0 Å². The molecular weight excluding hydrogens is 258 g/mol. The summed E-state index contributed by atoms with van der Waals surface area (Å²) in [4.78, 5) is 12.0. The molecule has 0 aromatic rings. The lowest BCUT2D eigenvalue weighted by molar-refractivity contribution is -0.148. The number of thioether (sulfide) groups is 1. The van der Waals surface area contributed by atoms with Gasteiger partial charge in [-0.3, -0.25) is 4.79 Å². The van der Waals surface area contributed by atoms with Crippen molar-refractivity contribution in [2.24, 2.45) is 0 Å². The van der Waals surface area contributed by atoms with E-state index in [4.69, 9.17) is 4.74 Å². The first-order chi connectivity index (χ1) is 9.01. The van der Waals surface area contributed by atoms with E-state index in [0.29, 0.717) is 5.25 Å². The van der Waals surface area contributed by atoms with Crippen LogP contribution in [0.4, 0.5) is 0 Å². The van der Waals surface area contributed by atoms with Crippen LogP contribution in [0, 0.1) is 0 Å². The maximum absolute atomic E-state index is 12.0. The Kier molecular flexibility index (Phi) is 7.22. The molecule has 1 aliphatic carbocycles. The number of carbonyl (C=O) groups excluding carboxylic acids is 1. The molecule has 0 heterocycles. The van der Waals surface area contributed by atoms with Gasteiger partial charge < -0.3 is 10.1 Å². The Morgan fingerprint density at radius 2 is 2.11 bits per heavy atom. The number of carbonyl (C=O) groups is 1. The van der Waals surface area contributed by atoms with E-state index in [2.05, 4.69) is 19.2 Å². The summed E-state index contributed by atoms with van der Waals surface area (Å²) in [7, 11) is 1.48. The smallest absolute Gasteiger partial charge is 0.325 e. The van der Waals surface area contributed by atoms with Crippen LogP contribution < -0.4 is 5.32 Å². The molecule has 2 unspecified atom stereocenters. The van der Waals surface area contributed by atoms with Crippen molar-refractivity contribution in [3.05, 3.63) is 0 Å².